The summed E-state index contributed by atoms with van der Waals surface area (Å²) in [7, 11) is 0. The van der Waals surface area contributed by atoms with E-state index in [4.69, 9.17) is 4.98 Å². The molecule has 138 valence electrons. The Morgan fingerprint density at radius 2 is 1.88 bits per heavy atom. The van der Waals surface area contributed by atoms with Crippen molar-refractivity contribution in [3.8, 4) is 6.07 Å². The number of anilines is 1. The van der Waals surface area contributed by atoms with E-state index in [1.165, 1.54) is 22.9 Å². The van der Waals surface area contributed by atoms with Crippen LogP contribution in [0.4, 0.5) is 15.1 Å². The van der Waals surface area contributed by atoms with E-state index in [2.05, 4.69) is 46.3 Å². The van der Waals surface area contributed by atoms with Gasteiger partial charge in [-0.2, -0.15) is 9.64 Å². The Balaban J connectivity index is 1.92. The maximum Gasteiger partial charge on any atom is 0.187 e. The maximum absolute atomic E-state index is 9.72. The summed E-state index contributed by atoms with van der Waals surface area (Å²) in [6.45, 7) is 9.68. The molecule has 1 N–H and O–H groups in total. The highest BCUT2D eigenvalue weighted by atomic mass is 32.1. The van der Waals surface area contributed by atoms with Crippen LogP contribution < -0.4 is 4.90 Å². The molecule has 0 atom stereocenters. The zero-order valence-electron chi connectivity index (χ0n) is 15.4. The molecule has 9 heteroatoms. The molecule has 2 aromatic heterocycles. The van der Waals surface area contributed by atoms with Crippen LogP contribution in [0.1, 0.15) is 50.6 Å². The lowest BCUT2D eigenvalue weighted by Gasteiger charge is -2.29. The van der Waals surface area contributed by atoms with Gasteiger partial charge in [0.05, 0.1) is 17.5 Å². The molecule has 1 aliphatic rings. The van der Waals surface area contributed by atoms with Crippen molar-refractivity contribution < 1.29 is 5.11 Å². The summed E-state index contributed by atoms with van der Waals surface area (Å²) in [5, 5.41) is 29.9. The van der Waals surface area contributed by atoms with E-state index in [0.29, 0.717) is 16.3 Å². The Kier molecular flexibility index (Phi) is 5.37. The van der Waals surface area contributed by atoms with Crippen LogP contribution in [0.3, 0.4) is 0 Å². The van der Waals surface area contributed by atoms with Crippen LogP contribution in [-0.4, -0.2) is 33.7 Å². The average Bonchev–Trinajstić information content (AvgIpc) is 3.16. The van der Waals surface area contributed by atoms with Crippen molar-refractivity contribution in [1.82, 2.24) is 9.36 Å². The Labute approximate surface area is 161 Å². The largest absolute Gasteiger partial charge is 0.393 e. The second-order valence-electron chi connectivity index (χ2n) is 7.38. The summed E-state index contributed by atoms with van der Waals surface area (Å²) in [6.07, 6.45) is 1.30. The van der Waals surface area contributed by atoms with Gasteiger partial charge < -0.3 is 10.0 Å². The van der Waals surface area contributed by atoms with E-state index in [1.807, 2.05) is 0 Å². The number of aryl methyl sites for hydroxylation is 1. The van der Waals surface area contributed by atoms with Gasteiger partial charge in [-0.25, -0.2) is 4.98 Å². The Hall–Kier alpha value is -1.89. The van der Waals surface area contributed by atoms with Gasteiger partial charge in [0.1, 0.15) is 11.6 Å². The molecule has 3 rings (SSSR count). The summed E-state index contributed by atoms with van der Waals surface area (Å²) in [4.78, 5) is 7.02. The molecule has 1 fully saturated rings. The summed E-state index contributed by atoms with van der Waals surface area (Å²) < 4.78 is 4.18. The molecule has 2 aromatic rings. The van der Waals surface area contributed by atoms with E-state index in [1.54, 1.807) is 6.92 Å². The molecule has 0 aromatic carbocycles. The number of piperidine rings is 1. The SMILES string of the molecule is Cc1nsc(/N=N/c2sc(N3CCC(O)CC3)nc2C(C)(C)C)c1C#N. The van der Waals surface area contributed by atoms with Crippen molar-refractivity contribution in [2.24, 2.45) is 10.2 Å². The van der Waals surface area contributed by atoms with Crippen molar-refractivity contribution >= 4 is 38.0 Å². The Bertz CT molecular complexity index is 850. The second kappa shape index (κ2) is 7.39. The molecule has 0 saturated carbocycles. The summed E-state index contributed by atoms with van der Waals surface area (Å²) in [6, 6.07) is 2.14. The molecule has 0 aliphatic carbocycles. The predicted octanol–water partition coefficient (Wildman–Crippen LogP) is 4.45. The van der Waals surface area contributed by atoms with Crippen molar-refractivity contribution in [2.45, 2.75) is 52.1 Å². The molecule has 0 amide bonds. The van der Waals surface area contributed by atoms with Gasteiger partial charge in [-0.3, -0.25) is 0 Å². The lowest BCUT2D eigenvalue weighted by Crippen LogP contribution is -2.35. The zero-order chi connectivity index (χ0) is 18.9. The maximum atomic E-state index is 9.72. The smallest absolute Gasteiger partial charge is 0.187 e. The minimum atomic E-state index is -0.216. The van der Waals surface area contributed by atoms with E-state index >= 15 is 0 Å². The molecular formula is C17H22N6OS2. The molecule has 7 nitrogen and oxygen atoms in total. The lowest BCUT2D eigenvalue weighted by molar-refractivity contribution is 0.145. The van der Waals surface area contributed by atoms with Crippen molar-refractivity contribution in [2.75, 3.05) is 18.0 Å². The third-order valence-electron chi connectivity index (χ3n) is 4.23. The first kappa shape index (κ1) is 18.9. The van der Waals surface area contributed by atoms with Crippen molar-refractivity contribution in [1.29, 1.82) is 5.26 Å². The number of aliphatic hydroxyl groups excluding tert-OH is 1. The van der Waals surface area contributed by atoms with E-state index in [-0.39, 0.29) is 11.5 Å². The van der Waals surface area contributed by atoms with Crippen LogP contribution in [0.25, 0.3) is 0 Å². The first-order chi connectivity index (χ1) is 12.3. The highest BCUT2D eigenvalue weighted by Gasteiger charge is 2.27. The van der Waals surface area contributed by atoms with Crippen molar-refractivity contribution in [3.63, 3.8) is 0 Å². The predicted molar refractivity (Wildman–Crippen MR) is 104 cm³/mol. The van der Waals surface area contributed by atoms with Crippen molar-refractivity contribution in [3.05, 3.63) is 17.0 Å². The fourth-order valence-corrected chi connectivity index (χ4v) is 4.52. The van der Waals surface area contributed by atoms with Crippen LogP contribution in [0, 0.1) is 18.3 Å². The molecule has 0 spiro atoms. The quantitative estimate of drug-likeness (QED) is 0.781. The minimum Gasteiger partial charge on any atom is -0.393 e. The first-order valence-electron chi connectivity index (χ1n) is 8.52. The highest BCUT2D eigenvalue weighted by Crippen LogP contribution is 2.41. The molecule has 0 bridgehead atoms. The summed E-state index contributed by atoms with van der Waals surface area (Å²) >= 11 is 2.69. The van der Waals surface area contributed by atoms with E-state index < -0.39 is 0 Å². The van der Waals surface area contributed by atoms with Crippen LogP contribution in [0.15, 0.2) is 10.2 Å². The molecule has 0 unspecified atom stereocenters. The Morgan fingerprint density at radius 3 is 2.50 bits per heavy atom. The molecule has 1 aliphatic heterocycles. The zero-order valence-corrected chi connectivity index (χ0v) is 17.0. The fourth-order valence-electron chi connectivity index (χ4n) is 2.70. The number of nitrogens with zero attached hydrogens (tertiary/aromatic N) is 6. The van der Waals surface area contributed by atoms with E-state index in [0.717, 1.165) is 41.8 Å². The molecular weight excluding hydrogens is 368 g/mol. The third-order valence-corrected chi connectivity index (χ3v) is 6.06. The summed E-state index contributed by atoms with van der Waals surface area (Å²) in [5.74, 6) is 0. The number of aromatic nitrogens is 2. The van der Waals surface area contributed by atoms with Gasteiger partial charge >= 0.3 is 0 Å². The Morgan fingerprint density at radius 1 is 1.23 bits per heavy atom. The van der Waals surface area contributed by atoms with Gasteiger partial charge in [-0.15, -0.1) is 10.2 Å². The number of aliphatic hydroxyl groups is 1. The normalized spacial score (nSPS) is 16.4. The average molecular weight is 391 g/mol. The van der Waals surface area contributed by atoms with E-state index in [9.17, 15) is 10.4 Å². The standard InChI is InChI=1S/C17H22N6OS2/c1-10-12(9-18)14(26-22-10)20-21-15-13(17(2,3)4)19-16(25-15)23-7-5-11(24)6-8-23/h11,24H,5-8H2,1-4H3/b21-20+. The number of hydrogen-bond donors (Lipinski definition) is 1. The molecule has 3 heterocycles. The minimum absolute atomic E-state index is 0.167. The molecule has 0 radical (unpaired) electrons. The topological polar surface area (TPSA) is 97.8 Å². The van der Waals surface area contributed by atoms with Crippen LogP contribution in [0.2, 0.25) is 0 Å². The van der Waals surface area contributed by atoms with Gasteiger partial charge in [0.25, 0.3) is 0 Å². The second-order valence-corrected chi connectivity index (χ2v) is 9.09. The van der Waals surface area contributed by atoms with Gasteiger partial charge in [-0.05, 0) is 31.3 Å². The fraction of sp³-hybridized carbons (Fsp3) is 0.588. The van der Waals surface area contributed by atoms with Gasteiger partial charge in [-0.1, -0.05) is 32.1 Å². The highest BCUT2D eigenvalue weighted by molar-refractivity contribution is 7.19. The number of hydrogen-bond acceptors (Lipinski definition) is 9. The number of rotatable bonds is 3. The third kappa shape index (κ3) is 3.92. The van der Waals surface area contributed by atoms with Gasteiger partial charge in [0.2, 0.25) is 0 Å². The molecule has 1 saturated heterocycles. The first-order valence-corrected chi connectivity index (χ1v) is 10.1. The number of thiazole rings is 1. The van der Waals surface area contributed by atoms with Crippen LogP contribution in [0.5, 0.6) is 0 Å². The monoisotopic (exact) mass is 390 g/mol. The van der Waals surface area contributed by atoms with Gasteiger partial charge in [0, 0.05) is 18.5 Å². The lowest BCUT2D eigenvalue weighted by atomic mass is 9.93. The van der Waals surface area contributed by atoms with Crippen LogP contribution >= 0.6 is 22.9 Å². The van der Waals surface area contributed by atoms with Crippen LogP contribution in [-0.2, 0) is 5.41 Å². The van der Waals surface area contributed by atoms with Gasteiger partial charge in [0.15, 0.2) is 15.1 Å². The number of nitriles is 1. The molecule has 26 heavy (non-hydrogen) atoms. The summed E-state index contributed by atoms with van der Waals surface area (Å²) in [5.41, 5.74) is 1.89. The number of azo groups is 1.